The summed E-state index contributed by atoms with van der Waals surface area (Å²) in [6, 6.07) is 0. The molecular weight excluding hydrogens is 834 g/mol. The van der Waals surface area contributed by atoms with Crippen LogP contribution in [0.3, 0.4) is 0 Å². The van der Waals surface area contributed by atoms with Crippen molar-refractivity contribution in [1.29, 1.82) is 0 Å². The topological polar surface area (TPSA) is 111 Å². The van der Waals surface area contributed by atoms with Crippen LogP contribution in [0.15, 0.2) is 48.6 Å². The first-order valence-corrected chi connectivity index (χ1v) is 28.3. The van der Waals surface area contributed by atoms with Crippen LogP contribution in [0.25, 0.3) is 0 Å². The second kappa shape index (κ2) is 47.1. The maximum absolute atomic E-state index is 12.8. The molecule has 0 bridgehead atoms. The van der Waals surface area contributed by atoms with E-state index in [1.807, 2.05) is 21.1 Å². The van der Waals surface area contributed by atoms with Crippen LogP contribution < -0.4 is 4.89 Å². The molecule has 0 aliphatic heterocycles. The number of carbonyl (C=O) groups excluding carboxylic acids is 2. The Morgan fingerprint density at radius 1 is 0.492 bits per heavy atom. The molecule has 0 radical (unpaired) electrons. The number of unbranched alkanes of at least 4 members (excludes halogenated alkanes) is 27. The van der Waals surface area contributed by atoms with Gasteiger partial charge in [-0.3, -0.25) is 14.2 Å². The van der Waals surface area contributed by atoms with Crippen LogP contribution >= 0.6 is 7.82 Å². The molecule has 0 aromatic rings. The Bertz CT molecular complexity index is 1240. The van der Waals surface area contributed by atoms with Crippen molar-refractivity contribution >= 4 is 19.8 Å². The second-order valence-corrected chi connectivity index (χ2v) is 20.6. The summed E-state index contributed by atoms with van der Waals surface area (Å²) in [5.41, 5.74) is 0. The number of hydrogen-bond donors (Lipinski definition) is 0. The molecule has 0 amide bonds. The van der Waals surface area contributed by atoms with E-state index in [0.717, 1.165) is 70.6 Å². The lowest BCUT2D eigenvalue weighted by molar-refractivity contribution is -0.870. The molecule has 9 nitrogen and oxygen atoms in total. The van der Waals surface area contributed by atoms with Gasteiger partial charge in [0.15, 0.2) is 6.10 Å². The first kappa shape index (κ1) is 63.0. The fourth-order valence-corrected chi connectivity index (χ4v) is 8.20. The molecule has 0 heterocycles. The fraction of sp³-hybridized carbons (Fsp3) is 0.818. The number of ether oxygens (including phenoxy) is 2. The third-order valence-electron chi connectivity index (χ3n) is 11.6. The average Bonchev–Trinajstić information content (AvgIpc) is 3.26. The highest BCUT2D eigenvalue weighted by atomic mass is 31.2. The average molecular weight is 936 g/mol. The molecule has 65 heavy (non-hydrogen) atoms. The van der Waals surface area contributed by atoms with Crippen LogP contribution in [-0.4, -0.2) is 70.0 Å². The molecular formula is C55H102NO8P. The summed E-state index contributed by atoms with van der Waals surface area (Å²) in [5.74, 6) is -0.830. The minimum absolute atomic E-state index is 0.0314. The lowest BCUT2D eigenvalue weighted by Crippen LogP contribution is -2.37. The smallest absolute Gasteiger partial charge is 0.306 e. The summed E-state index contributed by atoms with van der Waals surface area (Å²) in [7, 11) is 1.17. The molecule has 10 heteroatoms. The van der Waals surface area contributed by atoms with Gasteiger partial charge in [0.25, 0.3) is 7.82 Å². The summed E-state index contributed by atoms with van der Waals surface area (Å²) in [5, 5.41) is 0. The van der Waals surface area contributed by atoms with Crippen LogP contribution in [0.2, 0.25) is 0 Å². The number of esters is 2. The van der Waals surface area contributed by atoms with Gasteiger partial charge in [0.2, 0.25) is 0 Å². The predicted octanol–water partition coefficient (Wildman–Crippen LogP) is 15.6. The predicted molar refractivity (Wildman–Crippen MR) is 273 cm³/mol. The maximum Gasteiger partial charge on any atom is 0.306 e. The van der Waals surface area contributed by atoms with Crippen molar-refractivity contribution in [3.8, 4) is 0 Å². The molecule has 0 spiro atoms. The van der Waals surface area contributed by atoms with Gasteiger partial charge in [-0.15, -0.1) is 0 Å². The van der Waals surface area contributed by atoms with E-state index >= 15 is 0 Å². The Morgan fingerprint density at radius 2 is 0.877 bits per heavy atom. The highest BCUT2D eigenvalue weighted by molar-refractivity contribution is 7.45. The van der Waals surface area contributed by atoms with Gasteiger partial charge in [0.1, 0.15) is 19.8 Å². The Balaban J connectivity index is 4.21. The molecule has 0 N–H and O–H groups in total. The van der Waals surface area contributed by atoms with Gasteiger partial charge in [-0.25, -0.2) is 0 Å². The van der Waals surface area contributed by atoms with Crippen LogP contribution in [0.4, 0.5) is 0 Å². The van der Waals surface area contributed by atoms with Gasteiger partial charge in [0.05, 0.1) is 27.7 Å². The monoisotopic (exact) mass is 936 g/mol. The van der Waals surface area contributed by atoms with Crippen LogP contribution in [-0.2, 0) is 32.7 Å². The molecule has 0 aromatic heterocycles. The number of nitrogens with zero attached hydrogens (tertiary/aromatic N) is 1. The first-order valence-electron chi connectivity index (χ1n) is 26.8. The molecule has 0 aliphatic carbocycles. The third kappa shape index (κ3) is 51.2. The first-order chi connectivity index (χ1) is 31.5. The summed E-state index contributed by atoms with van der Waals surface area (Å²) in [6.45, 7) is 4.15. The normalized spacial score (nSPS) is 13.8. The van der Waals surface area contributed by atoms with Crippen molar-refractivity contribution in [2.75, 3.05) is 47.5 Å². The number of likely N-dealkylation sites (N-methyl/N-ethyl adjacent to an activating group) is 1. The van der Waals surface area contributed by atoms with Gasteiger partial charge in [0, 0.05) is 12.8 Å². The molecule has 0 rings (SSSR count). The van der Waals surface area contributed by atoms with Gasteiger partial charge < -0.3 is 27.9 Å². The lowest BCUT2D eigenvalue weighted by atomic mass is 10.0. The van der Waals surface area contributed by atoms with E-state index in [9.17, 15) is 19.0 Å². The van der Waals surface area contributed by atoms with Gasteiger partial charge in [-0.2, -0.15) is 0 Å². The Kier molecular flexibility index (Phi) is 45.6. The molecule has 2 unspecified atom stereocenters. The van der Waals surface area contributed by atoms with E-state index in [1.165, 1.54) is 135 Å². The highest BCUT2D eigenvalue weighted by Gasteiger charge is 2.21. The Morgan fingerprint density at radius 3 is 1.31 bits per heavy atom. The lowest BCUT2D eigenvalue weighted by Gasteiger charge is -2.28. The van der Waals surface area contributed by atoms with Crippen molar-refractivity contribution in [2.45, 2.75) is 245 Å². The summed E-state index contributed by atoms with van der Waals surface area (Å²) in [4.78, 5) is 37.8. The summed E-state index contributed by atoms with van der Waals surface area (Å²) < 4.78 is 34.1. The van der Waals surface area contributed by atoms with E-state index < -0.39 is 26.5 Å². The van der Waals surface area contributed by atoms with Gasteiger partial charge in [-0.05, 0) is 51.4 Å². The van der Waals surface area contributed by atoms with Crippen LogP contribution in [0.5, 0.6) is 0 Å². The zero-order valence-electron chi connectivity index (χ0n) is 42.9. The van der Waals surface area contributed by atoms with Crippen molar-refractivity contribution in [1.82, 2.24) is 0 Å². The number of hydrogen-bond acceptors (Lipinski definition) is 8. The minimum Gasteiger partial charge on any atom is -0.756 e. The number of phosphoric ester groups is 1. The second-order valence-electron chi connectivity index (χ2n) is 19.2. The Hall–Kier alpha value is -2.03. The SMILES string of the molecule is CC/C=C\C/C=C\C/C=C\C/C=C\CCCCCCCCCCCCC(=O)OC(COC(=O)CCCCCCCCCCCCCCCCCCCC)COP(=O)([O-])OCC[N+](C)(C)C. The number of carbonyl (C=O) groups is 2. The third-order valence-corrected chi connectivity index (χ3v) is 12.6. The zero-order chi connectivity index (χ0) is 47.8. The number of allylic oxidation sites excluding steroid dienone is 8. The standard InChI is InChI=1S/C55H102NO8P/c1-6-8-10-12-14-16-18-20-22-24-26-27-28-29-30-32-34-36-38-40-42-44-46-48-55(58)64-53(52-63-65(59,60)62-50-49-56(3,4)5)51-61-54(57)47-45-43-41-39-37-35-33-31-25-23-21-19-17-15-13-11-9-7-2/h8,10,14,16,20,22,26-27,53H,6-7,9,11-13,15,17-19,21,23-25,28-52H2,1-5H3/b10-8-,16-14-,22-20-,27-26-. The van der Waals surface area contributed by atoms with E-state index in [4.69, 9.17) is 18.5 Å². The van der Waals surface area contributed by atoms with Crippen molar-refractivity contribution < 1.29 is 42.1 Å². The van der Waals surface area contributed by atoms with Crippen molar-refractivity contribution in [3.05, 3.63) is 48.6 Å². The maximum atomic E-state index is 12.8. The number of phosphoric acid groups is 1. The van der Waals surface area contributed by atoms with Crippen LogP contribution in [0, 0.1) is 0 Å². The van der Waals surface area contributed by atoms with E-state index in [0.29, 0.717) is 17.4 Å². The largest absolute Gasteiger partial charge is 0.756 e. The quantitative estimate of drug-likeness (QED) is 0.0195. The van der Waals surface area contributed by atoms with Crippen molar-refractivity contribution in [2.24, 2.45) is 0 Å². The van der Waals surface area contributed by atoms with Gasteiger partial charge >= 0.3 is 11.9 Å². The molecule has 0 fully saturated rings. The molecule has 2 atom stereocenters. The summed E-state index contributed by atoms with van der Waals surface area (Å²) in [6.07, 6.45) is 57.1. The Labute approximate surface area is 401 Å². The van der Waals surface area contributed by atoms with Gasteiger partial charge in [-0.1, -0.05) is 223 Å². The van der Waals surface area contributed by atoms with E-state index in [2.05, 4.69) is 62.5 Å². The molecule has 0 saturated heterocycles. The zero-order valence-corrected chi connectivity index (χ0v) is 43.8. The number of rotatable bonds is 49. The van der Waals surface area contributed by atoms with E-state index in [1.54, 1.807) is 0 Å². The van der Waals surface area contributed by atoms with E-state index in [-0.39, 0.29) is 32.0 Å². The molecule has 0 aromatic carbocycles. The molecule has 0 saturated carbocycles. The molecule has 380 valence electrons. The number of quaternary nitrogens is 1. The minimum atomic E-state index is -4.63. The fourth-order valence-electron chi connectivity index (χ4n) is 7.47. The van der Waals surface area contributed by atoms with Crippen molar-refractivity contribution in [3.63, 3.8) is 0 Å². The molecule has 0 aliphatic rings. The highest BCUT2D eigenvalue weighted by Crippen LogP contribution is 2.38. The summed E-state index contributed by atoms with van der Waals surface area (Å²) >= 11 is 0. The van der Waals surface area contributed by atoms with Crippen LogP contribution in [0.1, 0.15) is 239 Å².